The zero-order chi connectivity index (χ0) is 21.3. The van der Waals surface area contributed by atoms with Gasteiger partial charge < -0.3 is 20.1 Å². The average molecular weight is 404 g/mol. The van der Waals surface area contributed by atoms with Gasteiger partial charge in [-0.05, 0) is 48.4 Å². The highest BCUT2D eigenvalue weighted by molar-refractivity contribution is 6.10. The summed E-state index contributed by atoms with van der Waals surface area (Å²) >= 11 is 0. The molecule has 3 aromatic carbocycles. The van der Waals surface area contributed by atoms with E-state index in [1.54, 1.807) is 62.8 Å². The zero-order valence-electron chi connectivity index (χ0n) is 17.0. The highest BCUT2D eigenvalue weighted by Crippen LogP contribution is 2.21. The molecule has 0 unspecified atom stereocenters. The second-order valence-corrected chi connectivity index (χ2v) is 6.63. The first-order valence-electron chi connectivity index (χ1n) is 9.56. The maximum absolute atomic E-state index is 12.7. The molecular weight excluding hydrogens is 380 g/mol. The van der Waals surface area contributed by atoms with Crippen LogP contribution in [0, 0.1) is 0 Å². The Hall–Kier alpha value is -3.80. The van der Waals surface area contributed by atoms with Crippen LogP contribution in [0.15, 0.2) is 72.8 Å². The number of nitrogens with one attached hydrogen (secondary N) is 2. The number of amides is 2. The number of hydrogen-bond donors (Lipinski definition) is 2. The molecule has 0 spiro atoms. The van der Waals surface area contributed by atoms with Gasteiger partial charge in [0.15, 0.2) is 0 Å². The van der Waals surface area contributed by atoms with E-state index in [2.05, 4.69) is 10.6 Å². The quantitative estimate of drug-likeness (QED) is 0.578. The molecule has 6 nitrogen and oxygen atoms in total. The van der Waals surface area contributed by atoms with Gasteiger partial charge in [-0.15, -0.1) is 0 Å². The number of aryl methyl sites for hydroxylation is 1. The fourth-order valence-electron chi connectivity index (χ4n) is 2.99. The molecule has 0 aliphatic heterocycles. The largest absolute Gasteiger partial charge is 0.497 e. The summed E-state index contributed by atoms with van der Waals surface area (Å²) < 4.78 is 10.4. The predicted molar refractivity (Wildman–Crippen MR) is 117 cm³/mol. The number of benzene rings is 3. The minimum atomic E-state index is -0.313. The van der Waals surface area contributed by atoms with Gasteiger partial charge in [0.2, 0.25) is 5.91 Å². The number of carbonyl (C=O) groups excluding carboxylic acids is 2. The third-order valence-corrected chi connectivity index (χ3v) is 4.55. The summed E-state index contributed by atoms with van der Waals surface area (Å²) in [5.74, 6) is 0.922. The molecule has 0 radical (unpaired) electrons. The molecule has 0 saturated carbocycles. The molecule has 0 heterocycles. The van der Waals surface area contributed by atoms with E-state index < -0.39 is 0 Å². The van der Waals surface area contributed by atoms with Gasteiger partial charge in [-0.3, -0.25) is 9.59 Å². The molecule has 0 atom stereocenters. The van der Waals surface area contributed by atoms with Crippen molar-refractivity contribution in [3.05, 3.63) is 83.9 Å². The first kappa shape index (κ1) is 20.9. The number of methoxy groups -OCH3 is 2. The lowest BCUT2D eigenvalue weighted by Gasteiger charge is -2.12. The van der Waals surface area contributed by atoms with Gasteiger partial charge in [-0.25, -0.2) is 0 Å². The normalized spacial score (nSPS) is 10.2. The molecule has 2 amide bonds. The Morgan fingerprint density at radius 1 is 0.800 bits per heavy atom. The van der Waals surface area contributed by atoms with Gasteiger partial charge in [0.25, 0.3) is 5.91 Å². The van der Waals surface area contributed by atoms with Crippen LogP contribution >= 0.6 is 0 Å². The van der Waals surface area contributed by atoms with Gasteiger partial charge in [-0.1, -0.05) is 30.3 Å². The summed E-state index contributed by atoms with van der Waals surface area (Å²) in [4.78, 5) is 25.2. The maximum atomic E-state index is 12.7. The third-order valence-electron chi connectivity index (χ3n) is 4.55. The number of carbonyl (C=O) groups is 2. The summed E-state index contributed by atoms with van der Waals surface area (Å²) in [5.41, 5.74) is 2.47. The number of rotatable bonds is 8. The zero-order valence-corrected chi connectivity index (χ0v) is 17.0. The molecule has 2 N–H and O–H groups in total. The molecule has 3 aromatic rings. The number of ether oxygens (including phenoxy) is 2. The third kappa shape index (κ3) is 5.61. The number of para-hydroxylation sites is 1. The molecule has 0 fully saturated rings. The molecule has 154 valence electrons. The highest BCUT2D eigenvalue weighted by Gasteiger charge is 2.14. The fourth-order valence-corrected chi connectivity index (χ4v) is 2.99. The van der Waals surface area contributed by atoms with Crippen LogP contribution < -0.4 is 20.1 Å². The first-order valence-corrected chi connectivity index (χ1v) is 9.56. The van der Waals surface area contributed by atoms with Crippen molar-refractivity contribution in [2.75, 3.05) is 24.9 Å². The Balaban J connectivity index is 1.65. The summed E-state index contributed by atoms with van der Waals surface area (Å²) in [7, 11) is 3.18. The van der Waals surface area contributed by atoms with Crippen molar-refractivity contribution in [2.45, 2.75) is 12.8 Å². The predicted octanol–water partition coefficient (Wildman–Crippen LogP) is 4.53. The Labute approximate surface area is 175 Å². The van der Waals surface area contributed by atoms with Crippen molar-refractivity contribution in [3.63, 3.8) is 0 Å². The van der Waals surface area contributed by atoms with Crippen LogP contribution in [-0.2, 0) is 11.2 Å². The van der Waals surface area contributed by atoms with Gasteiger partial charge in [0.1, 0.15) is 11.5 Å². The van der Waals surface area contributed by atoms with Gasteiger partial charge in [-0.2, -0.15) is 0 Å². The highest BCUT2D eigenvalue weighted by atomic mass is 16.5. The van der Waals surface area contributed by atoms with E-state index >= 15 is 0 Å². The second-order valence-electron chi connectivity index (χ2n) is 6.63. The monoisotopic (exact) mass is 404 g/mol. The Morgan fingerprint density at radius 2 is 1.50 bits per heavy atom. The van der Waals surface area contributed by atoms with E-state index in [4.69, 9.17) is 9.47 Å². The Bertz CT molecular complexity index is 1030. The van der Waals surface area contributed by atoms with Crippen LogP contribution in [0.2, 0.25) is 0 Å². The topological polar surface area (TPSA) is 76.7 Å². The smallest absolute Gasteiger partial charge is 0.257 e. The molecule has 0 saturated heterocycles. The maximum Gasteiger partial charge on any atom is 0.257 e. The lowest BCUT2D eigenvalue weighted by atomic mass is 10.1. The van der Waals surface area contributed by atoms with Crippen LogP contribution in [0.4, 0.5) is 11.4 Å². The van der Waals surface area contributed by atoms with Gasteiger partial charge in [0.05, 0.1) is 25.5 Å². The molecule has 0 bridgehead atoms. The summed E-state index contributed by atoms with van der Waals surface area (Å²) in [5, 5.41) is 5.68. The minimum absolute atomic E-state index is 0.167. The molecule has 3 rings (SSSR count). The number of anilines is 2. The van der Waals surface area contributed by atoms with Crippen LogP contribution in [-0.4, -0.2) is 26.0 Å². The molecule has 0 aliphatic rings. The molecule has 6 heteroatoms. The van der Waals surface area contributed by atoms with Crippen LogP contribution in [0.1, 0.15) is 22.3 Å². The van der Waals surface area contributed by atoms with Crippen LogP contribution in [0.5, 0.6) is 11.5 Å². The molecule has 0 aromatic heterocycles. The Morgan fingerprint density at radius 3 is 2.27 bits per heavy atom. The van der Waals surface area contributed by atoms with Crippen molar-refractivity contribution < 1.29 is 19.1 Å². The van der Waals surface area contributed by atoms with E-state index in [0.717, 1.165) is 11.3 Å². The lowest BCUT2D eigenvalue weighted by Crippen LogP contribution is -2.18. The van der Waals surface area contributed by atoms with Gasteiger partial charge >= 0.3 is 0 Å². The van der Waals surface area contributed by atoms with Crippen LogP contribution in [0.25, 0.3) is 0 Å². The molecular formula is C24H24N2O4. The summed E-state index contributed by atoms with van der Waals surface area (Å²) in [6.45, 7) is 0. The fraction of sp³-hybridized carbons (Fsp3) is 0.167. The SMILES string of the molecule is COc1cccc(CCC(=O)Nc2ccccc2C(=O)Nc2cccc(OC)c2)c1. The average Bonchev–Trinajstić information content (AvgIpc) is 2.78. The number of hydrogen-bond acceptors (Lipinski definition) is 4. The van der Waals surface area contributed by atoms with Crippen molar-refractivity contribution in [2.24, 2.45) is 0 Å². The van der Waals surface area contributed by atoms with Crippen molar-refractivity contribution in [1.29, 1.82) is 0 Å². The summed E-state index contributed by atoms with van der Waals surface area (Å²) in [6.07, 6.45) is 0.861. The van der Waals surface area contributed by atoms with Crippen molar-refractivity contribution >= 4 is 23.2 Å². The minimum Gasteiger partial charge on any atom is -0.497 e. The molecule has 0 aliphatic carbocycles. The van der Waals surface area contributed by atoms with E-state index in [0.29, 0.717) is 35.5 Å². The van der Waals surface area contributed by atoms with Crippen molar-refractivity contribution in [1.82, 2.24) is 0 Å². The molecule has 30 heavy (non-hydrogen) atoms. The summed E-state index contributed by atoms with van der Waals surface area (Å²) in [6, 6.07) is 21.6. The van der Waals surface area contributed by atoms with E-state index in [1.807, 2.05) is 24.3 Å². The van der Waals surface area contributed by atoms with Crippen molar-refractivity contribution in [3.8, 4) is 11.5 Å². The van der Waals surface area contributed by atoms with E-state index in [-0.39, 0.29) is 11.8 Å². The Kier molecular flexibility index (Phi) is 7.05. The lowest BCUT2D eigenvalue weighted by molar-refractivity contribution is -0.116. The second kappa shape index (κ2) is 10.1. The van der Waals surface area contributed by atoms with Crippen LogP contribution in [0.3, 0.4) is 0 Å². The first-order chi connectivity index (χ1) is 14.6. The van der Waals surface area contributed by atoms with Gasteiger partial charge in [0, 0.05) is 18.2 Å². The standard InChI is InChI=1S/C24H24N2O4/c1-29-19-9-5-7-17(15-19)13-14-23(27)26-22-12-4-3-11-21(22)24(28)25-18-8-6-10-20(16-18)30-2/h3-12,15-16H,13-14H2,1-2H3,(H,25,28)(H,26,27). The van der Waals surface area contributed by atoms with E-state index in [1.165, 1.54) is 0 Å². The van der Waals surface area contributed by atoms with E-state index in [9.17, 15) is 9.59 Å².